The molecule has 1 saturated carbocycles. The highest BCUT2D eigenvalue weighted by Gasteiger charge is 2.54. The van der Waals surface area contributed by atoms with Gasteiger partial charge in [-0.3, -0.25) is 0 Å². The standard InChI is InChI=1S/C8H12ClN3O2S/c1-6-10-11-7(12(6)2)5-8(3-4-8)15(9,13)14/h3-5H2,1-2H3. The van der Waals surface area contributed by atoms with Crippen molar-refractivity contribution >= 4 is 19.7 Å². The van der Waals surface area contributed by atoms with E-state index in [2.05, 4.69) is 10.2 Å². The van der Waals surface area contributed by atoms with Crippen LogP contribution in [0.25, 0.3) is 0 Å². The number of hydrogen-bond donors (Lipinski definition) is 0. The molecule has 0 saturated heterocycles. The summed E-state index contributed by atoms with van der Waals surface area (Å²) in [5.74, 6) is 1.45. The molecule has 0 amide bonds. The minimum Gasteiger partial charge on any atom is -0.318 e. The van der Waals surface area contributed by atoms with Gasteiger partial charge in [0.1, 0.15) is 11.6 Å². The highest BCUT2D eigenvalue weighted by Crippen LogP contribution is 2.47. The number of aryl methyl sites for hydroxylation is 1. The monoisotopic (exact) mass is 249 g/mol. The maximum atomic E-state index is 11.3. The van der Waals surface area contributed by atoms with Crippen LogP contribution in [-0.2, 0) is 22.5 Å². The molecule has 15 heavy (non-hydrogen) atoms. The van der Waals surface area contributed by atoms with Gasteiger partial charge in [0, 0.05) is 24.2 Å². The Bertz CT molecular complexity index is 490. The normalized spacial score (nSPS) is 19.1. The van der Waals surface area contributed by atoms with Crippen molar-refractivity contribution in [1.82, 2.24) is 14.8 Å². The fraction of sp³-hybridized carbons (Fsp3) is 0.750. The van der Waals surface area contributed by atoms with E-state index in [0.29, 0.717) is 25.1 Å². The number of hydrogen-bond acceptors (Lipinski definition) is 4. The molecule has 7 heteroatoms. The Morgan fingerprint density at radius 3 is 2.40 bits per heavy atom. The summed E-state index contributed by atoms with van der Waals surface area (Å²) in [6.07, 6.45) is 1.59. The average molecular weight is 250 g/mol. The number of aromatic nitrogens is 3. The topological polar surface area (TPSA) is 64.8 Å². The van der Waals surface area contributed by atoms with E-state index in [9.17, 15) is 8.42 Å². The van der Waals surface area contributed by atoms with Crippen LogP contribution in [0.2, 0.25) is 0 Å². The second-order valence-electron chi connectivity index (χ2n) is 4.02. The van der Waals surface area contributed by atoms with E-state index in [1.807, 2.05) is 14.0 Å². The zero-order valence-electron chi connectivity index (χ0n) is 8.57. The van der Waals surface area contributed by atoms with Crippen LogP contribution in [0.15, 0.2) is 0 Å². The van der Waals surface area contributed by atoms with Crippen molar-refractivity contribution in [2.45, 2.75) is 30.9 Å². The van der Waals surface area contributed by atoms with E-state index < -0.39 is 13.8 Å². The minimum absolute atomic E-state index is 0.357. The Morgan fingerprint density at radius 1 is 1.47 bits per heavy atom. The molecule has 0 unspecified atom stereocenters. The molecule has 0 aromatic carbocycles. The molecule has 1 aromatic rings. The van der Waals surface area contributed by atoms with Gasteiger partial charge in [-0.05, 0) is 19.8 Å². The maximum Gasteiger partial charge on any atom is 0.238 e. The Balaban J connectivity index is 2.27. The van der Waals surface area contributed by atoms with Gasteiger partial charge in [-0.1, -0.05) is 0 Å². The molecule has 0 atom stereocenters. The lowest BCUT2D eigenvalue weighted by molar-refractivity contribution is 0.584. The van der Waals surface area contributed by atoms with E-state index in [1.165, 1.54) is 0 Å². The molecule has 1 aromatic heterocycles. The Labute approximate surface area is 92.9 Å². The lowest BCUT2D eigenvalue weighted by atomic mass is 10.3. The first kappa shape index (κ1) is 10.9. The molecule has 1 aliphatic rings. The predicted octanol–water partition coefficient (Wildman–Crippen LogP) is 0.767. The van der Waals surface area contributed by atoms with Crippen LogP contribution in [0.4, 0.5) is 0 Å². The fourth-order valence-electron chi connectivity index (χ4n) is 1.54. The Morgan fingerprint density at radius 2 is 2.07 bits per heavy atom. The molecule has 1 heterocycles. The summed E-state index contributed by atoms with van der Waals surface area (Å²) in [4.78, 5) is 0. The van der Waals surface area contributed by atoms with Gasteiger partial charge in [-0.25, -0.2) is 8.42 Å². The van der Waals surface area contributed by atoms with Crippen molar-refractivity contribution in [3.05, 3.63) is 11.6 Å². The molecular formula is C8H12ClN3O2S. The van der Waals surface area contributed by atoms with Gasteiger partial charge in [0.05, 0.1) is 4.75 Å². The van der Waals surface area contributed by atoms with Gasteiger partial charge in [-0.2, -0.15) is 0 Å². The minimum atomic E-state index is -3.51. The largest absolute Gasteiger partial charge is 0.318 e. The number of rotatable bonds is 3. The lowest BCUT2D eigenvalue weighted by Crippen LogP contribution is -2.22. The van der Waals surface area contributed by atoms with E-state index in [4.69, 9.17) is 10.7 Å². The van der Waals surface area contributed by atoms with E-state index in [1.54, 1.807) is 4.57 Å². The van der Waals surface area contributed by atoms with Gasteiger partial charge in [0.25, 0.3) is 0 Å². The third-order valence-corrected chi connectivity index (χ3v) is 5.56. The highest BCUT2D eigenvalue weighted by molar-refractivity contribution is 8.15. The highest BCUT2D eigenvalue weighted by atomic mass is 35.7. The van der Waals surface area contributed by atoms with Crippen LogP contribution >= 0.6 is 10.7 Å². The van der Waals surface area contributed by atoms with Crippen molar-refractivity contribution in [2.24, 2.45) is 7.05 Å². The first-order chi connectivity index (χ1) is 6.86. The number of nitrogens with zero attached hydrogens (tertiary/aromatic N) is 3. The third-order valence-electron chi connectivity index (χ3n) is 2.99. The van der Waals surface area contributed by atoms with Crippen LogP contribution in [0, 0.1) is 6.92 Å². The molecule has 0 bridgehead atoms. The molecule has 2 rings (SSSR count). The van der Waals surface area contributed by atoms with Crippen molar-refractivity contribution < 1.29 is 8.42 Å². The smallest absolute Gasteiger partial charge is 0.238 e. The van der Waals surface area contributed by atoms with Gasteiger partial charge < -0.3 is 4.57 Å². The van der Waals surface area contributed by atoms with Gasteiger partial charge in [0.15, 0.2) is 0 Å². The Kier molecular flexibility index (Phi) is 2.31. The molecule has 84 valence electrons. The molecule has 1 aliphatic carbocycles. The summed E-state index contributed by atoms with van der Waals surface area (Å²) < 4.78 is 23.7. The first-order valence-electron chi connectivity index (χ1n) is 4.65. The van der Waals surface area contributed by atoms with Crippen molar-refractivity contribution in [3.63, 3.8) is 0 Å². The molecule has 0 N–H and O–H groups in total. The van der Waals surface area contributed by atoms with Crippen LogP contribution in [0.3, 0.4) is 0 Å². The molecule has 0 spiro atoms. The summed E-state index contributed by atoms with van der Waals surface area (Å²) in [5.41, 5.74) is 0. The van der Waals surface area contributed by atoms with Crippen molar-refractivity contribution in [2.75, 3.05) is 0 Å². The zero-order valence-corrected chi connectivity index (χ0v) is 10.1. The summed E-state index contributed by atoms with van der Waals surface area (Å²) in [7, 11) is 3.73. The molecule has 5 nitrogen and oxygen atoms in total. The van der Waals surface area contributed by atoms with Crippen LogP contribution < -0.4 is 0 Å². The van der Waals surface area contributed by atoms with Crippen LogP contribution in [0.1, 0.15) is 24.5 Å². The van der Waals surface area contributed by atoms with Crippen molar-refractivity contribution in [1.29, 1.82) is 0 Å². The first-order valence-corrected chi connectivity index (χ1v) is 6.96. The quantitative estimate of drug-likeness (QED) is 0.743. The third kappa shape index (κ3) is 1.76. The molecule has 0 aliphatic heterocycles. The lowest BCUT2D eigenvalue weighted by Gasteiger charge is -2.10. The van der Waals surface area contributed by atoms with Crippen molar-refractivity contribution in [3.8, 4) is 0 Å². The summed E-state index contributed by atoms with van der Waals surface area (Å²) in [6.45, 7) is 1.82. The number of halogens is 1. The maximum absolute atomic E-state index is 11.3. The zero-order chi connectivity index (χ0) is 11.3. The van der Waals surface area contributed by atoms with Gasteiger partial charge in [0.2, 0.25) is 9.05 Å². The predicted molar refractivity (Wildman–Crippen MR) is 56.2 cm³/mol. The van der Waals surface area contributed by atoms with Gasteiger partial charge >= 0.3 is 0 Å². The average Bonchev–Trinajstić information content (AvgIpc) is 2.84. The second-order valence-corrected chi connectivity index (χ2v) is 6.98. The summed E-state index contributed by atoms with van der Waals surface area (Å²) in [5, 5.41) is 7.83. The summed E-state index contributed by atoms with van der Waals surface area (Å²) >= 11 is 0. The SMILES string of the molecule is Cc1nnc(CC2(S(=O)(=O)Cl)CC2)n1C. The molecule has 1 fully saturated rings. The molecular weight excluding hydrogens is 238 g/mol. The molecule has 0 radical (unpaired) electrons. The Hall–Kier alpha value is -0.620. The van der Waals surface area contributed by atoms with Gasteiger partial charge in [-0.15, -0.1) is 10.2 Å². The van der Waals surface area contributed by atoms with E-state index in [-0.39, 0.29) is 0 Å². The van der Waals surface area contributed by atoms with Crippen LogP contribution in [-0.4, -0.2) is 27.9 Å². The van der Waals surface area contributed by atoms with E-state index >= 15 is 0 Å². The fourth-order valence-corrected chi connectivity index (χ4v) is 3.06. The second kappa shape index (κ2) is 3.18. The summed E-state index contributed by atoms with van der Waals surface area (Å²) in [6, 6.07) is 0. The van der Waals surface area contributed by atoms with Crippen LogP contribution in [0.5, 0.6) is 0 Å². The van der Waals surface area contributed by atoms with E-state index in [0.717, 1.165) is 5.82 Å².